The van der Waals surface area contributed by atoms with Crippen molar-refractivity contribution >= 4 is 11.0 Å². The Bertz CT molecular complexity index is 544. The van der Waals surface area contributed by atoms with E-state index in [9.17, 15) is 0 Å². The van der Waals surface area contributed by atoms with Crippen LogP contribution in [0.5, 0.6) is 0 Å². The van der Waals surface area contributed by atoms with Gasteiger partial charge in [-0.25, -0.2) is 0 Å². The second kappa shape index (κ2) is 6.63. The van der Waals surface area contributed by atoms with Crippen LogP contribution < -0.4 is 5.32 Å². The Hall–Kier alpha value is -1.32. The van der Waals surface area contributed by atoms with Crippen LogP contribution in [0.4, 0.5) is 0 Å². The van der Waals surface area contributed by atoms with E-state index in [0.717, 1.165) is 11.3 Å². The van der Waals surface area contributed by atoms with E-state index >= 15 is 0 Å². The highest BCUT2D eigenvalue weighted by molar-refractivity contribution is 5.77. The molecule has 1 fully saturated rings. The fourth-order valence-electron chi connectivity index (χ4n) is 3.29. The standard InChI is InChI=1S/C18H26N2O/c1-3-20-11-6-8-16(10-12-20)19-14(2)18-13-15-7-4-5-9-17(15)21-18/h4-5,7,9,13-14,16,19H,3,6,8,10-12H2,1-2H3. The molecule has 0 spiro atoms. The van der Waals surface area contributed by atoms with E-state index < -0.39 is 0 Å². The van der Waals surface area contributed by atoms with E-state index in [2.05, 4.69) is 42.3 Å². The van der Waals surface area contributed by atoms with Gasteiger partial charge in [0.05, 0.1) is 6.04 Å². The van der Waals surface area contributed by atoms with Crippen molar-refractivity contribution in [3.05, 3.63) is 36.1 Å². The van der Waals surface area contributed by atoms with E-state index in [4.69, 9.17) is 4.42 Å². The summed E-state index contributed by atoms with van der Waals surface area (Å²) in [7, 11) is 0. The average molecular weight is 286 g/mol. The van der Waals surface area contributed by atoms with Crippen LogP contribution >= 0.6 is 0 Å². The lowest BCUT2D eigenvalue weighted by molar-refractivity contribution is 0.294. The van der Waals surface area contributed by atoms with Crippen molar-refractivity contribution in [2.45, 2.75) is 45.2 Å². The first-order valence-electron chi connectivity index (χ1n) is 8.23. The molecule has 1 aromatic heterocycles. The molecule has 1 aliphatic heterocycles. The van der Waals surface area contributed by atoms with Gasteiger partial charge >= 0.3 is 0 Å². The monoisotopic (exact) mass is 286 g/mol. The molecule has 3 heteroatoms. The maximum Gasteiger partial charge on any atom is 0.134 e. The minimum atomic E-state index is 0.274. The third-order valence-corrected chi connectivity index (χ3v) is 4.62. The SMILES string of the molecule is CCN1CCCC(NC(C)c2cc3ccccc3o2)CC1. The molecule has 2 atom stereocenters. The normalized spacial score (nSPS) is 22.3. The molecule has 0 amide bonds. The number of likely N-dealkylation sites (tertiary alicyclic amines) is 1. The maximum atomic E-state index is 5.97. The molecule has 1 aliphatic rings. The van der Waals surface area contributed by atoms with Gasteiger partial charge in [-0.2, -0.15) is 0 Å². The van der Waals surface area contributed by atoms with Gasteiger partial charge in [0.15, 0.2) is 0 Å². The lowest BCUT2D eigenvalue weighted by atomic mass is 10.1. The first kappa shape index (κ1) is 14.6. The van der Waals surface area contributed by atoms with Crippen LogP contribution in [0.15, 0.2) is 34.7 Å². The summed E-state index contributed by atoms with van der Waals surface area (Å²) in [6.07, 6.45) is 3.79. The summed E-state index contributed by atoms with van der Waals surface area (Å²) in [5.74, 6) is 1.05. The number of nitrogens with zero attached hydrogens (tertiary/aromatic N) is 1. The van der Waals surface area contributed by atoms with Crippen molar-refractivity contribution in [1.82, 2.24) is 10.2 Å². The molecule has 2 unspecified atom stereocenters. The van der Waals surface area contributed by atoms with E-state index in [1.807, 2.05) is 12.1 Å². The number of para-hydroxylation sites is 1. The van der Waals surface area contributed by atoms with Crippen molar-refractivity contribution in [1.29, 1.82) is 0 Å². The number of nitrogens with one attached hydrogen (secondary N) is 1. The number of hydrogen-bond acceptors (Lipinski definition) is 3. The summed E-state index contributed by atoms with van der Waals surface area (Å²) in [5, 5.41) is 4.95. The molecule has 0 aliphatic carbocycles. The summed E-state index contributed by atoms with van der Waals surface area (Å²) in [6, 6.07) is 11.3. The van der Waals surface area contributed by atoms with Gasteiger partial charge < -0.3 is 14.6 Å². The van der Waals surface area contributed by atoms with E-state index in [1.165, 1.54) is 44.3 Å². The summed E-state index contributed by atoms with van der Waals surface area (Å²) >= 11 is 0. The van der Waals surface area contributed by atoms with Crippen LogP contribution in [0.1, 0.15) is 44.9 Å². The lowest BCUT2D eigenvalue weighted by Gasteiger charge is -2.21. The Balaban J connectivity index is 1.64. The summed E-state index contributed by atoms with van der Waals surface area (Å²) < 4.78 is 5.97. The van der Waals surface area contributed by atoms with Gasteiger partial charge in [0.1, 0.15) is 11.3 Å². The largest absolute Gasteiger partial charge is 0.459 e. The molecule has 1 saturated heterocycles. The molecule has 114 valence electrons. The third kappa shape index (κ3) is 3.47. The van der Waals surface area contributed by atoms with Crippen LogP contribution in [0.25, 0.3) is 11.0 Å². The number of benzene rings is 1. The van der Waals surface area contributed by atoms with Crippen LogP contribution in [0, 0.1) is 0 Å². The number of hydrogen-bond donors (Lipinski definition) is 1. The fourth-order valence-corrected chi connectivity index (χ4v) is 3.29. The van der Waals surface area contributed by atoms with E-state index in [0.29, 0.717) is 6.04 Å². The highest BCUT2D eigenvalue weighted by Gasteiger charge is 2.19. The number of rotatable bonds is 4. The van der Waals surface area contributed by atoms with Crippen molar-refractivity contribution in [2.75, 3.05) is 19.6 Å². The lowest BCUT2D eigenvalue weighted by Crippen LogP contribution is -2.32. The Morgan fingerprint density at radius 1 is 1.29 bits per heavy atom. The molecular weight excluding hydrogens is 260 g/mol. The summed E-state index contributed by atoms with van der Waals surface area (Å²) in [4.78, 5) is 2.55. The zero-order valence-electron chi connectivity index (χ0n) is 13.1. The van der Waals surface area contributed by atoms with Gasteiger partial charge in [0.25, 0.3) is 0 Å². The van der Waals surface area contributed by atoms with Crippen molar-refractivity contribution in [2.24, 2.45) is 0 Å². The molecule has 2 aromatic rings. The second-order valence-corrected chi connectivity index (χ2v) is 6.14. The molecular formula is C18H26N2O. The molecule has 3 rings (SSSR count). The zero-order valence-corrected chi connectivity index (χ0v) is 13.1. The second-order valence-electron chi connectivity index (χ2n) is 6.14. The molecule has 1 aromatic carbocycles. The Kier molecular flexibility index (Phi) is 4.61. The quantitative estimate of drug-likeness (QED) is 0.922. The Morgan fingerprint density at radius 3 is 2.95 bits per heavy atom. The van der Waals surface area contributed by atoms with Crippen LogP contribution in [-0.2, 0) is 0 Å². The Labute approximate surface area is 127 Å². The van der Waals surface area contributed by atoms with Gasteiger partial charge in [-0.05, 0) is 58.0 Å². The van der Waals surface area contributed by atoms with Gasteiger partial charge in [0.2, 0.25) is 0 Å². The number of furan rings is 1. The first-order chi connectivity index (χ1) is 10.3. The minimum absolute atomic E-state index is 0.274. The predicted molar refractivity (Wildman–Crippen MR) is 87.5 cm³/mol. The molecule has 3 nitrogen and oxygen atoms in total. The summed E-state index contributed by atoms with van der Waals surface area (Å²) in [6.45, 7) is 8.09. The van der Waals surface area contributed by atoms with E-state index in [-0.39, 0.29) is 6.04 Å². The summed E-state index contributed by atoms with van der Waals surface area (Å²) in [5.41, 5.74) is 0.985. The molecule has 2 heterocycles. The van der Waals surface area contributed by atoms with Crippen molar-refractivity contribution in [3.8, 4) is 0 Å². The Morgan fingerprint density at radius 2 is 2.14 bits per heavy atom. The average Bonchev–Trinajstić information content (AvgIpc) is 2.81. The molecule has 21 heavy (non-hydrogen) atoms. The van der Waals surface area contributed by atoms with Gasteiger partial charge in [0, 0.05) is 11.4 Å². The van der Waals surface area contributed by atoms with Crippen molar-refractivity contribution < 1.29 is 4.42 Å². The smallest absolute Gasteiger partial charge is 0.134 e. The predicted octanol–water partition coefficient (Wildman–Crippen LogP) is 3.96. The van der Waals surface area contributed by atoms with Crippen molar-refractivity contribution in [3.63, 3.8) is 0 Å². The zero-order chi connectivity index (χ0) is 14.7. The van der Waals surface area contributed by atoms with Crippen LogP contribution in [0.2, 0.25) is 0 Å². The third-order valence-electron chi connectivity index (χ3n) is 4.62. The topological polar surface area (TPSA) is 28.4 Å². The fraction of sp³-hybridized carbons (Fsp3) is 0.556. The van der Waals surface area contributed by atoms with Gasteiger partial charge in [-0.15, -0.1) is 0 Å². The minimum Gasteiger partial charge on any atom is -0.459 e. The molecule has 0 saturated carbocycles. The highest BCUT2D eigenvalue weighted by Crippen LogP contribution is 2.24. The molecule has 0 radical (unpaired) electrons. The van der Waals surface area contributed by atoms with Gasteiger partial charge in [-0.1, -0.05) is 25.1 Å². The molecule has 1 N–H and O–H groups in total. The van der Waals surface area contributed by atoms with E-state index in [1.54, 1.807) is 0 Å². The number of fused-ring (bicyclic) bond motifs is 1. The highest BCUT2D eigenvalue weighted by atomic mass is 16.3. The van der Waals surface area contributed by atoms with Gasteiger partial charge in [-0.3, -0.25) is 0 Å². The molecule has 0 bridgehead atoms. The van der Waals surface area contributed by atoms with Crippen LogP contribution in [0.3, 0.4) is 0 Å². The maximum absolute atomic E-state index is 5.97. The first-order valence-corrected chi connectivity index (χ1v) is 8.23. The van der Waals surface area contributed by atoms with Crippen LogP contribution in [-0.4, -0.2) is 30.6 Å².